The van der Waals surface area contributed by atoms with E-state index in [9.17, 15) is 4.79 Å². The number of nitriles is 1. The molecule has 0 aliphatic rings. The fourth-order valence-electron chi connectivity index (χ4n) is 1.22. The van der Waals surface area contributed by atoms with Crippen LogP contribution < -0.4 is 0 Å². The Hall–Kier alpha value is -0.740. The molecule has 0 saturated heterocycles. The number of carbonyl (C=O) groups excluding carboxylic acids is 1. The van der Waals surface area contributed by atoms with Crippen LogP contribution in [0.1, 0.15) is 18.1 Å². The summed E-state index contributed by atoms with van der Waals surface area (Å²) in [5.41, 5.74) is 1.26. The first-order valence-electron chi connectivity index (χ1n) is 4.65. The van der Waals surface area contributed by atoms with Gasteiger partial charge < -0.3 is 4.74 Å². The Morgan fingerprint density at radius 3 is 2.88 bits per heavy atom. The summed E-state index contributed by atoms with van der Waals surface area (Å²) in [6.45, 7) is 2.13. The van der Waals surface area contributed by atoms with E-state index in [1.54, 1.807) is 13.0 Å². The fourth-order valence-corrected chi connectivity index (χ4v) is 2.09. The SMILES string of the molecule is CCOC(=O)Cc1cc(I)c(S)c(C#N)c1. The summed E-state index contributed by atoms with van der Waals surface area (Å²) >= 11 is 6.31. The molecule has 0 bridgehead atoms. The van der Waals surface area contributed by atoms with Crippen molar-refractivity contribution >= 4 is 41.2 Å². The quantitative estimate of drug-likeness (QED) is 0.519. The zero-order valence-electron chi connectivity index (χ0n) is 8.66. The monoisotopic (exact) mass is 347 g/mol. The van der Waals surface area contributed by atoms with E-state index in [1.807, 2.05) is 12.1 Å². The van der Waals surface area contributed by atoms with Crippen LogP contribution in [0.2, 0.25) is 0 Å². The van der Waals surface area contributed by atoms with E-state index in [0.717, 1.165) is 9.13 Å². The second-order valence-corrected chi connectivity index (χ2v) is 4.68. The lowest BCUT2D eigenvalue weighted by Gasteiger charge is -2.05. The van der Waals surface area contributed by atoms with Crippen molar-refractivity contribution in [3.63, 3.8) is 0 Å². The molecule has 0 unspecified atom stereocenters. The lowest BCUT2D eigenvalue weighted by molar-refractivity contribution is -0.142. The Balaban J connectivity index is 2.95. The van der Waals surface area contributed by atoms with Crippen LogP contribution in [0, 0.1) is 14.9 Å². The minimum atomic E-state index is -0.283. The molecule has 0 saturated carbocycles. The Labute approximate surface area is 113 Å². The standard InChI is InChI=1S/C11H10INO2S/c1-2-15-10(14)5-7-3-8(6-13)11(16)9(12)4-7/h3-4,16H,2,5H2,1H3. The molecule has 1 aromatic rings. The van der Waals surface area contributed by atoms with Gasteiger partial charge in [0.25, 0.3) is 0 Å². The van der Waals surface area contributed by atoms with Gasteiger partial charge in [-0.15, -0.1) is 12.6 Å². The van der Waals surface area contributed by atoms with Crippen molar-refractivity contribution in [2.75, 3.05) is 6.61 Å². The molecule has 0 atom stereocenters. The number of thiol groups is 1. The molecule has 3 nitrogen and oxygen atoms in total. The number of rotatable bonds is 3. The number of carbonyl (C=O) groups is 1. The molecule has 0 aliphatic heterocycles. The summed E-state index contributed by atoms with van der Waals surface area (Å²) in [6, 6.07) is 5.55. The summed E-state index contributed by atoms with van der Waals surface area (Å²) in [7, 11) is 0. The molecule has 0 fully saturated rings. The van der Waals surface area contributed by atoms with Crippen LogP contribution in [-0.2, 0) is 16.0 Å². The smallest absolute Gasteiger partial charge is 0.310 e. The van der Waals surface area contributed by atoms with Gasteiger partial charge in [-0.05, 0) is 47.2 Å². The van der Waals surface area contributed by atoms with E-state index in [1.165, 1.54) is 0 Å². The van der Waals surface area contributed by atoms with E-state index >= 15 is 0 Å². The van der Waals surface area contributed by atoms with Gasteiger partial charge in [0.15, 0.2) is 0 Å². The zero-order valence-corrected chi connectivity index (χ0v) is 11.7. The van der Waals surface area contributed by atoms with Gasteiger partial charge >= 0.3 is 5.97 Å². The average molecular weight is 347 g/mol. The Bertz CT molecular complexity index is 454. The van der Waals surface area contributed by atoms with Crippen LogP contribution in [-0.4, -0.2) is 12.6 Å². The van der Waals surface area contributed by atoms with Crippen molar-refractivity contribution in [3.05, 3.63) is 26.8 Å². The average Bonchev–Trinajstić information content (AvgIpc) is 2.23. The third-order valence-corrected chi connectivity index (χ3v) is 3.66. The zero-order chi connectivity index (χ0) is 12.1. The summed E-state index contributed by atoms with van der Waals surface area (Å²) in [6.07, 6.45) is 0.187. The van der Waals surface area contributed by atoms with Crippen molar-refractivity contribution in [1.82, 2.24) is 0 Å². The van der Waals surface area contributed by atoms with E-state index in [4.69, 9.17) is 10.00 Å². The van der Waals surface area contributed by atoms with Crippen molar-refractivity contribution in [3.8, 4) is 6.07 Å². The van der Waals surface area contributed by atoms with Gasteiger partial charge in [-0.1, -0.05) is 0 Å². The lowest BCUT2D eigenvalue weighted by Crippen LogP contribution is -2.08. The molecule has 0 N–H and O–H groups in total. The second-order valence-electron chi connectivity index (χ2n) is 3.07. The molecule has 16 heavy (non-hydrogen) atoms. The Kier molecular flexibility index (Phi) is 5.09. The molecule has 84 valence electrons. The van der Waals surface area contributed by atoms with Crippen molar-refractivity contribution in [2.45, 2.75) is 18.2 Å². The van der Waals surface area contributed by atoms with Crippen LogP contribution in [0.15, 0.2) is 17.0 Å². The van der Waals surface area contributed by atoms with Gasteiger partial charge in [-0.3, -0.25) is 4.79 Å². The fraction of sp³-hybridized carbons (Fsp3) is 0.273. The van der Waals surface area contributed by atoms with E-state index < -0.39 is 0 Å². The summed E-state index contributed by atoms with van der Waals surface area (Å²) in [4.78, 5) is 11.9. The van der Waals surface area contributed by atoms with E-state index in [0.29, 0.717) is 17.1 Å². The predicted octanol–water partition coefficient (Wildman–Crippen LogP) is 2.56. The Morgan fingerprint density at radius 1 is 1.62 bits per heavy atom. The van der Waals surface area contributed by atoms with Gasteiger partial charge in [0.1, 0.15) is 6.07 Å². The van der Waals surface area contributed by atoms with Crippen molar-refractivity contribution < 1.29 is 9.53 Å². The largest absolute Gasteiger partial charge is 0.466 e. The third-order valence-electron chi connectivity index (χ3n) is 1.90. The van der Waals surface area contributed by atoms with Crippen molar-refractivity contribution in [1.29, 1.82) is 5.26 Å². The highest BCUT2D eigenvalue weighted by atomic mass is 127. The highest BCUT2D eigenvalue weighted by molar-refractivity contribution is 14.1. The van der Waals surface area contributed by atoms with Crippen LogP contribution in [0.3, 0.4) is 0 Å². The number of nitrogens with zero attached hydrogens (tertiary/aromatic N) is 1. The minimum absolute atomic E-state index is 0.187. The topological polar surface area (TPSA) is 50.1 Å². The molecular formula is C11H10INO2S. The summed E-state index contributed by atoms with van der Waals surface area (Å²) in [5.74, 6) is -0.283. The third kappa shape index (κ3) is 3.39. The molecule has 0 heterocycles. The normalized spacial score (nSPS) is 9.62. The van der Waals surface area contributed by atoms with Gasteiger partial charge in [0, 0.05) is 8.47 Å². The summed E-state index contributed by atoms with van der Waals surface area (Å²) in [5, 5.41) is 8.89. The number of ether oxygens (including phenoxy) is 1. The van der Waals surface area contributed by atoms with Gasteiger partial charge in [-0.25, -0.2) is 0 Å². The highest BCUT2D eigenvalue weighted by Gasteiger charge is 2.09. The van der Waals surface area contributed by atoms with Crippen LogP contribution >= 0.6 is 35.2 Å². The molecule has 5 heteroatoms. The van der Waals surface area contributed by atoms with Gasteiger partial charge in [0.2, 0.25) is 0 Å². The molecule has 0 aromatic heterocycles. The molecule has 1 rings (SSSR count). The molecule has 0 radical (unpaired) electrons. The van der Waals surface area contributed by atoms with Gasteiger partial charge in [0.05, 0.1) is 18.6 Å². The molecule has 0 spiro atoms. The van der Waals surface area contributed by atoms with E-state index in [2.05, 4.69) is 35.2 Å². The number of hydrogen-bond acceptors (Lipinski definition) is 4. The van der Waals surface area contributed by atoms with Crippen LogP contribution in [0.4, 0.5) is 0 Å². The maximum atomic E-state index is 11.3. The van der Waals surface area contributed by atoms with Crippen LogP contribution in [0.5, 0.6) is 0 Å². The first-order valence-corrected chi connectivity index (χ1v) is 6.18. The maximum Gasteiger partial charge on any atom is 0.310 e. The number of benzene rings is 1. The van der Waals surface area contributed by atoms with Gasteiger partial charge in [-0.2, -0.15) is 5.26 Å². The number of esters is 1. The molecule has 0 amide bonds. The first-order chi connectivity index (χ1) is 7.58. The predicted molar refractivity (Wildman–Crippen MR) is 71.5 cm³/mol. The van der Waals surface area contributed by atoms with E-state index in [-0.39, 0.29) is 12.4 Å². The number of hydrogen-bond donors (Lipinski definition) is 1. The van der Waals surface area contributed by atoms with Crippen molar-refractivity contribution in [2.24, 2.45) is 0 Å². The Morgan fingerprint density at radius 2 is 2.31 bits per heavy atom. The molecule has 0 aliphatic carbocycles. The molecular weight excluding hydrogens is 337 g/mol. The maximum absolute atomic E-state index is 11.3. The minimum Gasteiger partial charge on any atom is -0.466 e. The molecule has 1 aromatic carbocycles. The first kappa shape index (κ1) is 13.3. The summed E-state index contributed by atoms with van der Waals surface area (Å²) < 4.78 is 5.71. The highest BCUT2D eigenvalue weighted by Crippen LogP contribution is 2.23. The number of halogens is 1. The lowest BCUT2D eigenvalue weighted by atomic mass is 10.1. The van der Waals surface area contributed by atoms with Crippen LogP contribution in [0.25, 0.3) is 0 Å². The second kappa shape index (κ2) is 6.11.